The fourth-order valence-corrected chi connectivity index (χ4v) is 4.65. The first kappa shape index (κ1) is 33.6. The van der Waals surface area contributed by atoms with Gasteiger partial charge in [0, 0.05) is 16.7 Å². The van der Waals surface area contributed by atoms with Crippen molar-refractivity contribution < 1.29 is 14.3 Å². The Balaban J connectivity index is 3.63. The van der Waals surface area contributed by atoms with Gasteiger partial charge < -0.3 is 15.3 Å². The van der Waals surface area contributed by atoms with Crippen molar-refractivity contribution in [2.75, 3.05) is 0 Å². The monoisotopic (exact) mass is 532 g/mol. The first-order valence-corrected chi connectivity index (χ1v) is 13.7. The van der Waals surface area contributed by atoms with Gasteiger partial charge in [0.2, 0.25) is 0 Å². The van der Waals surface area contributed by atoms with Crippen molar-refractivity contribution in [2.45, 2.75) is 88.5 Å². The Hall–Kier alpha value is -3.47. The van der Waals surface area contributed by atoms with Crippen LogP contribution in [0.15, 0.2) is 82.6 Å². The second kappa shape index (κ2) is 14.6. The molecule has 0 spiro atoms. The lowest BCUT2D eigenvalue weighted by Gasteiger charge is -2.29. The molecule has 1 aromatic carbocycles. The Morgan fingerprint density at radius 1 is 1.10 bits per heavy atom. The normalized spacial score (nSPS) is 15.8. The molecule has 0 saturated heterocycles. The summed E-state index contributed by atoms with van der Waals surface area (Å²) in [6.45, 7) is 23.1. The number of Topliss-reactive ketones (excluding diaryl/α,β-unsaturated/α-hetero) is 1. The van der Waals surface area contributed by atoms with Crippen molar-refractivity contribution in [1.82, 2.24) is 0 Å². The second-order valence-electron chi connectivity index (χ2n) is 10.9. The molecule has 39 heavy (non-hydrogen) atoms. The van der Waals surface area contributed by atoms with Gasteiger partial charge in [0.1, 0.15) is 29.1 Å². The molecule has 1 atom stereocenters. The molecule has 0 saturated carbocycles. The molecule has 0 radical (unpaired) electrons. The van der Waals surface area contributed by atoms with Crippen LogP contribution in [0, 0.1) is 10.8 Å². The molecular weight excluding hydrogens is 484 g/mol. The minimum Gasteiger partial charge on any atom is -0.469 e. The van der Waals surface area contributed by atoms with Crippen molar-refractivity contribution in [2.24, 2.45) is 21.6 Å². The molecule has 5 nitrogen and oxygen atoms in total. The number of benzene rings is 1. The largest absolute Gasteiger partial charge is 0.469 e. The summed E-state index contributed by atoms with van der Waals surface area (Å²) in [5, 5.41) is 0. The maximum Gasteiger partial charge on any atom is 0.137 e. The van der Waals surface area contributed by atoms with Crippen LogP contribution in [0.4, 0.5) is 0 Å². The lowest BCUT2D eigenvalue weighted by atomic mass is 9.78. The minimum absolute atomic E-state index is 0.0976. The van der Waals surface area contributed by atoms with Crippen molar-refractivity contribution in [3.05, 3.63) is 88.7 Å². The van der Waals surface area contributed by atoms with E-state index in [-0.39, 0.29) is 17.4 Å². The molecular formula is C34H48N2O3. The molecule has 1 unspecified atom stereocenters. The number of rotatable bonds is 14. The first-order chi connectivity index (χ1) is 18.2. The second-order valence-corrected chi connectivity index (χ2v) is 10.9. The van der Waals surface area contributed by atoms with E-state index < -0.39 is 10.8 Å². The lowest BCUT2D eigenvalue weighted by Crippen LogP contribution is -2.28. The van der Waals surface area contributed by atoms with Crippen molar-refractivity contribution in [3.8, 4) is 0 Å². The highest BCUT2D eigenvalue weighted by atomic mass is 16.5. The zero-order valence-corrected chi connectivity index (χ0v) is 25.7. The van der Waals surface area contributed by atoms with Crippen LogP contribution in [-0.2, 0) is 20.7 Å². The number of nitrogens with zero attached hydrogens (tertiary/aromatic N) is 1. The number of aliphatic imine (C=N–C) groups is 1. The van der Waals surface area contributed by atoms with Gasteiger partial charge in [-0.15, -0.1) is 0 Å². The number of carbonyl (C=O) groups is 2. The zero-order valence-electron chi connectivity index (χ0n) is 25.7. The van der Waals surface area contributed by atoms with Gasteiger partial charge in [0.15, 0.2) is 0 Å². The minimum atomic E-state index is -1.26. The molecule has 5 heteroatoms. The SMILES string of the molecule is C=C(O/C=C(\C)CC(C)(C)C(C)=O)C(C)(C=O)C(/C(C)=C/CC)=C(N)/N=C(C)/C(=C/C)c1ccccc1CC. The average molecular weight is 533 g/mol. The van der Waals surface area contributed by atoms with Crippen LogP contribution in [-0.4, -0.2) is 17.8 Å². The quantitative estimate of drug-likeness (QED) is 0.113. The number of nitrogens with two attached hydrogens (primary N) is 1. The highest BCUT2D eigenvalue weighted by Crippen LogP contribution is 2.39. The maximum absolute atomic E-state index is 12.7. The van der Waals surface area contributed by atoms with Crippen molar-refractivity contribution in [3.63, 3.8) is 0 Å². The van der Waals surface area contributed by atoms with Crippen LogP contribution in [0.25, 0.3) is 5.57 Å². The van der Waals surface area contributed by atoms with Crippen molar-refractivity contribution >= 4 is 23.4 Å². The summed E-state index contributed by atoms with van der Waals surface area (Å²) in [6.07, 6.45) is 8.61. The van der Waals surface area contributed by atoms with E-state index in [0.29, 0.717) is 12.0 Å². The van der Waals surface area contributed by atoms with Gasteiger partial charge in [-0.1, -0.05) is 70.7 Å². The zero-order chi connectivity index (χ0) is 30.0. The van der Waals surface area contributed by atoms with Crippen LogP contribution in [0.2, 0.25) is 0 Å². The maximum atomic E-state index is 12.7. The van der Waals surface area contributed by atoms with Crippen LogP contribution < -0.4 is 5.73 Å². The lowest BCUT2D eigenvalue weighted by molar-refractivity contribution is -0.124. The predicted octanol–water partition coefficient (Wildman–Crippen LogP) is 8.28. The van der Waals surface area contributed by atoms with Gasteiger partial charge in [0.05, 0.1) is 6.26 Å². The predicted molar refractivity (Wildman–Crippen MR) is 165 cm³/mol. The van der Waals surface area contributed by atoms with Crippen molar-refractivity contribution in [1.29, 1.82) is 0 Å². The number of aryl methyl sites for hydroxylation is 1. The van der Waals surface area contributed by atoms with E-state index in [0.717, 1.165) is 47.1 Å². The van der Waals surface area contributed by atoms with E-state index in [1.807, 2.05) is 72.8 Å². The number of ketones is 1. The standard InChI is InChI=1S/C34H48N2O3/c1-12-17-24(5)31(32(35)36-25(6)29(14-3)30-19-16-15-18-28(30)13-2)34(11,22-37)27(8)39-21-23(4)20-33(9,10)26(7)38/h14-19,21-22H,8,12-13,20,35H2,1-7,9-11H3/b23-21+,24-17+,29-14-,32-31+,36-25+. The number of allylic oxidation sites excluding steroid dienone is 6. The Morgan fingerprint density at radius 3 is 2.23 bits per heavy atom. The average Bonchev–Trinajstić information content (AvgIpc) is 2.87. The number of aldehydes is 1. The number of ether oxygens (including phenoxy) is 1. The molecule has 2 N–H and O–H groups in total. The fraction of sp³-hybridized carbons (Fsp3) is 0.441. The highest BCUT2D eigenvalue weighted by molar-refractivity contribution is 6.23. The summed E-state index contributed by atoms with van der Waals surface area (Å²) >= 11 is 0. The summed E-state index contributed by atoms with van der Waals surface area (Å²) in [4.78, 5) is 29.5. The summed E-state index contributed by atoms with van der Waals surface area (Å²) in [5.41, 5.74) is 11.2. The third kappa shape index (κ3) is 8.51. The topological polar surface area (TPSA) is 81.8 Å². The molecule has 0 aromatic heterocycles. The van der Waals surface area contributed by atoms with E-state index in [2.05, 4.69) is 25.6 Å². The highest BCUT2D eigenvalue weighted by Gasteiger charge is 2.37. The van der Waals surface area contributed by atoms with Gasteiger partial charge in [-0.3, -0.25) is 4.79 Å². The molecule has 1 rings (SSSR count). The van der Waals surface area contributed by atoms with E-state index in [9.17, 15) is 9.59 Å². The Labute approximate surface area is 236 Å². The Morgan fingerprint density at radius 2 is 1.72 bits per heavy atom. The number of hydrogen-bond donors (Lipinski definition) is 1. The third-order valence-corrected chi connectivity index (χ3v) is 7.23. The fourth-order valence-electron chi connectivity index (χ4n) is 4.65. The summed E-state index contributed by atoms with van der Waals surface area (Å²) in [7, 11) is 0. The molecule has 0 aliphatic rings. The van der Waals surface area contributed by atoms with Crippen LogP contribution in [0.5, 0.6) is 0 Å². The molecule has 0 fully saturated rings. The molecule has 1 aromatic rings. The van der Waals surface area contributed by atoms with Gasteiger partial charge >= 0.3 is 0 Å². The molecule has 0 aliphatic heterocycles. The van der Waals surface area contributed by atoms with E-state index in [1.54, 1.807) is 20.1 Å². The number of hydrogen-bond acceptors (Lipinski definition) is 5. The van der Waals surface area contributed by atoms with Gasteiger partial charge in [-0.05, 0) is 88.7 Å². The Bertz CT molecular complexity index is 1220. The first-order valence-electron chi connectivity index (χ1n) is 13.7. The van der Waals surface area contributed by atoms with Crippen LogP contribution in [0.1, 0.15) is 93.2 Å². The van der Waals surface area contributed by atoms with E-state index in [4.69, 9.17) is 15.5 Å². The van der Waals surface area contributed by atoms with Gasteiger partial charge in [0.25, 0.3) is 0 Å². The third-order valence-electron chi connectivity index (χ3n) is 7.23. The van der Waals surface area contributed by atoms with Crippen LogP contribution >= 0.6 is 0 Å². The van der Waals surface area contributed by atoms with Crippen LogP contribution in [0.3, 0.4) is 0 Å². The molecule has 0 aliphatic carbocycles. The number of carbonyl (C=O) groups excluding carboxylic acids is 2. The molecule has 212 valence electrons. The van der Waals surface area contributed by atoms with E-state index >= 15 is 0 Å². The summed E-state index contributed by atoms with van der Waals surface area (Å²) in [5.74, 6) is 0.566. The Kier molecular flexibility index (Phi) is 12.6. The molecule has 0 amide bonds. The van der Waals surface area contributed by atoms with E-state index in [1.165, 1.54) is 5.56 Å². The van der Waals surface area contributed by atoms with Gasteiger partial charge in [-0.25, -0.2) is 4.99 Å². The summed E-state index contributed by atoms with van der Waals surface area (Å²) in [6, 6.07) is 8.25. The smallest absolute Gasteiger partial charge is 0.137 e. The van der Waals surface area contributed by atoms with Gasteiger partial charge in [-0.2, -0.15) is 0 Å². The molecule has 0 heterocycles. The summed E-state index contributed by atoms with van der Waals surface area (Å²) < 4.78 is 5.94. The molecule has 0 bridgehead atoms.